The Kier molecular flexibility index (Phi) is 4.01. The van der Waals surface area contributed by atoms with E-state index < -0.39 is 0 Å². The SMILES string of the molecule is CC(C)(C)NCC(=O)Cc1cccc2ccccc12. The van der Waals surface area contributed by atoms with Crippen molar-refractivity contribution in [1.82, 2.24) is 5.32 Å². The highest BCUT2D eigenvalue weighted by molar-refractivity contribution is 5.91. The lowest BCUT2D eigenvalue weighted by Crippen LogP contribution is -2.39. The van der Waals surface area contributed by atoms with Gasteiger partial charge in [0.25, 0.3) is 0 Å². The Morgan fingerprint density at radius 3 is 2.47 bits per heavy atom. The van der Waals surface area contributed by atoms with E-state index in [2.05, 4.69) is 44.3 Å². The molecule has 19 heavy (non-hydrogen) atoms. The number of carbonyl (C=O) groups excluding carboxylic acids is 1. The van der Waals surface area contributed by atoms with Gasteiger partial charge in [-0.1, -0.05) is 42.5 Å². The second-order valence-corrected chi connectivity index (χ2v) is 5.96. The van der Waals surface area contributed by atoms with E-state index in [0.29, 0.717) is 13.0 Å². The Morgan fingerprint density at radius 1 is 1.05 bits per heavy atom. The van der Waals surface area contributed by atoms with E-state index in [1.807, 2.05) is 24.3 Å². The maximum atomic E-state index is 12.0. The molecule has 0 saturated heterocycles. The van der Waals surface area contributed by atoms with Crippen LogP contribution in [0.25, 0.3) is 10.8 Å². The number of ketones is 1. The molecule has 1 N–H and O–H groups in total. The van der Waals surface area contributed by atoms with Gasteiger partial charge in [-0.25, -0.2) is 0 Å². The molecule has 0 aromatic heterocycles. The van der Waals surface area contributed by atoms with Crippen LogP contribution in [0.15, 0.2) is 42.5 Å². The van der Waals surface area contributed by atoms with Crippen molar-refractivity contribution in [1.29, 1.82) is 0 Å². The first-order chi connectivity index (χ1) is 8.96. The van der Waals surface area contributed by atoms with E-state index in [0.717, 1.165) is 5.56 Å². The number of benzene rings is 2. The molecule has 0 heterocycles. The van der Waals surface area contributed by atoms with Crippen LogP contribution in [0.3, 0.4) is 0 Å². The van der Waals surface area contributed by atoms with Gasteiger partial charge in [0.05, 0.1) is 6.54 Å². The highest BCUT2D eigenvalue weighted by Crippen LogP contribution is 2.19. The summed E-state index contributed by atoms with van der Waals surface area (Å²) < 4.78 is 0. The molecule has 2 aromatic rings. The van der Waals surface area contributed by atoms with Crippen LogP contribution in [-0.4, -0.2) is 17.9 Å². The molecule has 0 atom stereocenters. The van der Waals surface area contributed by atoms with Gasteiger partial charge in [0, 0.05) is 12.0 Å². The zero-order chi connectivity index (χ0) is 13.9. The van der Waals surface area contributed by atoms with Gasteiger partial charge in [-0.2, -0.15) is 0 Å². The van der Waals surface area contributed by atoms with Crippen LogP contribution >= 0.6 is 0 Å². The van der Waals surface area contributed by atoms with Gasteiger partial charge in [0.15, 0.2) is 5.78 Å². The third-order valence-corrected chi connectivity index (χ3v) is 3.08. The van der Waals surface area contributed by atoms with E-state index in [-0.39, 0.29) is 11.3 Å². The van der Waals surface area contributed by atoms with Gasteiger partial charge < -0.3 is 5.32 Å². The Bertz CT molecular complexity index is 576. The smallest absolute Gasteiger partial charge is 0.151 e. The summed E-state index contributed by atoms with van der Waals surface area (Å²) in [5.74, 6) is 0.228. The highest BCUT2D eigenvalue weighted by atomic mass is 16.1. The van der Waals surface area contributed by atoms with Crippen molar-refractivity contribution in [2.45, 2.75) is 32.7 Å². The van der Waals surface area contributed by atoms with E-state index >= 15 is 0 Å². The van der Waals surface area contributed by atoms with Crippen LogP contribution in [-0.2, 0) is 11.2 Å². The first-order valence-electron chi connectivity index (χ1n) is 6.69. The monoisotopic (exact) mass is 255 g/mol. The Morgan fingerprint density at radius 2 is 1.74 bits per heavy atom. The molecule has 0 amide bonds. The summed E-state index contributed by atoms with van der Waals surface area (Å²) in [5, 5.41) is 5.61. The van der Waals surface area contributed by atoms with Crippen molar-refractivity contribution in [3.8, 4) is 0 Å². The molecule has 0 radical (unpaired) electrons. The van der Waals surface area contributed by atoms with E-state index in [1.54, 1.807) is 0 Å². The lowest BCUT2D eigenvalue weighted by Gasteiger charge is -2.19. The van der Waals surface area contributed by atoms with Gasteiger partial charge in [-0.05, 0) is 37.1 Å². The van der Waals surface area contributed by atoms with Crippen molar-refractivity contribution < 1.29 is 4.79 Å². The maximum Gasteiger partial charge on any atom is 0.151 e. The summed E-state index contributed by atoms with van der Waals surface area (Å²) in [5.41, 5.74) is 1.09. The summed E-state index contributed by atoms with van der Waals surface area (Å²) in [4.78, 5) is 12.0. The first-order valence-corrected chi connectivity index (χ1v) is 6.69. The van der Waals surface area contributed by atoms with Crippen LogP contribution in [0, 0.1) is 0 Å². The normalized spacial score (nSPS) is 11.7. The maximum absolute atomic E-state index is 12.0. The summed E-state index contributed by atoms with van der Waals surface area (Å²) in [7, 11) is 0. The minimum Gasteiger partial charge on any atom is -0.305 e. The number of hydrogen-bond acceptors (Lipinski definition) is 2. The number of carbonyl (C=O) groups is 1. The molecular weight excluding hydrogens is 234 g/mol. The third-order valence-electron chi connectivity index (χ3n) is 3.08. The van der Waals surface area contributed by atoms with Crippen molar-refractivity contribution in [2.75, 3.05) is 6.54 Å². The summed E-state index contributed by atoms with van der Waals surface area (Å²) >= 11 is 0. The predicted octanol–water partition coefficient (Wildman–Crippen LogP) is 3.34. The molecule has 0 fully saturated rings. The molecule has 0 spiro atoms. The average Bonchev–Trinajstić information content (AvgIpc) is 2.36. The zero-order valence-corrected chi connectivity index (χ0v) is 11.9. The van der Waals surface area contributed by atoms with E-state index in [4.69, 9.17) is 0 Å². The fraction of sp³-hybridized carbons (Fsp3) is 0.353. The molecule has 2 heteroatoms. The highest BCUT2D eigenvalue weighted by Gasteiger charge is 2.12. The minimum absolute atomic E-state index is 0.0194. The van der Waals surface area contributed by atoms with Crippen LogP contribution in [0.4, 0.5) is 0 Å². The number of fused-ring (bicyclic) bond motifs is 1. The molecule has 0 bridgehead atoms. The minimum atomic E-state index is -0.0194. The van der Waals surface area contributed by atoms with Crippen LogP contribution < -0.4 is 5.32 Å². The van der Waals surface area contributed by atoms with E-state index in [1.165, 1.54) is 10.8 Å². The van der Waals surface area contributed by atoms with Gasteiger partial charge in [0.2, 0.25) is 0 Å². The Hall–Kier alpha value is -1.67. The second-order valence-electron chi connectivity index (χ2n) is 5.96. The van der Waals surface area contributed by atoms with Gasteiger partial charge in [-0.3, -0.25) is 4.79 Å². The summed E-state index contributed by atoms with van der Waals surface area (Å²) in [6.45, 7) is 6.63. The van der Waals surface area contributed by atoms with Crippen molar-refractivity contribution in [3.63, 3.8) is 0 Å². The van der Waals surface area contributed by atoms with Crippen LogP contribution in [0.5, 0.6) is 0 Å². The quantitative estimate of drug-likeness (QED) is 0.908. The first kappa shape index (κ1) is 13.8. The van der Waals surface area contributed by atoms with Gasteiger partial charge >= 0.3 is 0 Å². The summed E-state index contributed by atoms with van der Waals surface area (Å²) in [6.07, 6.45) is 0.491. The Labute approximate surface area is 114 Å². The molecule has 0 aliphatic carbocycles. The fourth-order valence-electron chi connectivity index (χ4n) is 2.09. The molecule has 2 aromatic carbocycles. The molecule has 0 unspecified atom stereocenters. The lowest BCUT2D eigenvalue weighted by molar-refractivity contribution is -0.117. The topological polar surface area (TPSA) is 29.1 Å². The van der Waals surface area contributed by atoms with Crippen molar-refractivity contribution in [3.05, 3.63) is 48.0 Å². The molecule has 100 valence electrons. The van der Waals surface area contributed by atoms with Crippen LogP contribution in [0.1, 0.15) is 26.3 Å². The zero-order valence-electron chi connectivity index (χ0n) is 11.9. The Balaban J connectivity index is 2.11. The summed E-state index contributed by atoms with van der Waals surface area (Å²) in [6, 6.07) is 14.3. The molecule has 2 nitrogen and oxygen atoms in total. The molecule has 0 aliphatic rings. The van der Waals surface area contributed by atoms with Crippen molar-refractivity contribution in [2.24, 2.45) is 0 Å². The molecular formula is C17H21NO. The third kappa shape index (κ3) is 3.90. The van der Waals surface area contributed by atoms with Crippen LogP contribution in [0.2, 0.25) is 0 Å². The van der Waals surface area contributed by atoms with Gasteiger partial charge in [-0.15, -0.1) is 0 Å². The molecule has 0 aliphatic heterocycles. The average molecular weight is 255 g/mol. The number of rotatable bonds is 4. The number of nitrogens with one attached hydrogen (secondary N) is 1. The van der Waals surface area contributed by atoms with Gasteiger partial charge in [0.1, 0.15) is 0 Å². The second kappa shape index (κ2) is 5.54. The number of hydrogen-bond donors (Lipinski definition) is 1. The number of Topliss-reactive ketones (excluding diaryl/α,β-unsaturated/α-hetero) is 1. The lowest BCUT2D eigenvalue weighted by atomic mass is 10.00. The predicted molar refractivity (Wildman–Crippen MR) is 80.4 cm³/mol. The van der Waals surface area contributed by atoms with Crippen molar-refractivity contribution >= 4 is 16.6 Å². The molecule has 2 rings (SSSR count). The fourth-order valence-corrected chi connectivity index (χ4v) is 2.09. The van der Waals surface area contributed by atoms with E-state index in [9.17, 15) is 4.79 Å². The largest absolute Gasteiger partial charge is 0.305 e. The molecule has 0 saturated carbocycles. The standard InChI is InChI=1S/C17H21NO/c1-17(2,3)18-12-15(19)11-14-9-6-8-13-7-4-5-10-16(13)14/h4-10,18H,11-12H2,1-3H3.